The van der Waals surface area contributed by atoms with Crippen LogP contribution in [0.3, 0.4) is 0 Å². The Bertz CT molecular complexity index is 507. The summed E-state index contributed by atoms with van der Waals surface area (Å²) in [5.74, 6) is 2.03. The highest BCUT2D eigenvalue weighted by Gasteiger charge is 2.40. The zero-order valence-electron chi connectivity index (χ0n) is 12.6. The molecule has 3 atom stereocenters. The van der Waals surface area contributed by atoms with Gasteiger partial charge in [-0.05, 0) is 25.2 Å². The van der Waals surface area contributed by atoms with Gasteiger partial charge in [0.1, 0.15) is 5.82 Å². The van der Waals surface area contributed by atoms with Gasteiger partial charge in [0.25, 0.3) is 0 Å². The van der Waals surface area contributed by atoms with Gasteiger partial charge >= 0.3 is 0 Å². The SMILES string of the molecule is Cl.Cl.O=C(C1CC2CCCCC2N1)N1CCn2ccnc2C1. The number of imidazole rings is 1. The van der Waals surface area contributed by atoms with Crippen molar-refractivity contribution in [3.8, 4) is 0 Å². The Morgan fingerprint density at radius 1 is 1.23 bits per heavy atom. The molecule has 3 aliphatic rings. The van der Waals surface area contributed by atoms with Crippen molar-refractivity contribution >= 4 is 30.7 Å². The van der Waals surface area contributed by atoms with Crippen LogP contribution >= 0.6 is 24.8 Å². The lowest BCUT2D eigenvalue weighted by Crippen LogP contribution is -2.48. The molecule has 4 rings (SSSR count). The van der Waals surface area contributed by atoms with Gasteiger partial charge in [-0.15, -0.1) is 24.8 Å². The van der Waals surface area contributed by atoms with Crippen molar-refractivity contribution in [2.75, 3.05) is 6.54 Å². The van der Waals surface area contributed by atoms with E-state index in [0.29, 0.717) is 12.6 Å². The van der Waals surface area contributed by atoms with E-state index < -0.39 is 0 Å². The van der Waals surface area contributed by atoms with Crippen LogP contribution in [0.25, 0.3) is 0 Å². The molecular formula is C15H24Cl2N4O. The standard InChI is InChI=1S/C15H22N4O.2ClH/c20-15(13-9-11-3-1-2-4-12(11)17-13)19-8-7-18-6-5-16-14(18)10-19;;/h5-6,11-13,17H,1-4,7-10H2;2*1H. The van der Waals surface area contributed by atoms with E-state index in [9.17, 15) is 4.79 Å². The highest BCUT2D eigenvalue weighted by Crippen LogP contribution is 2.33. The Kier molecular flexibility index (Phi) is 5.75. The van der Waals surface area contributed by atoms with Crippen LogP contribution in [-0.2, 0) is 17.9 Å². The summed E-state index contributed by atoms with van der Waals surface area (Å²) < 4.78 is 2.14. The number of hydrogen-bond acceptors (Lipinski definition) is 3. The van der Waals surface area contributed by atoms with E-state index in [-0.39, 0.29) is 36.8 Å². The Labute approximate surface area is 143 Å². The summed E-state index contributed by atoms with van der Waals surface area (Å²) in [5, 5.41) is 3.59. The molecule has 3 heterocycles. The number of carbonyl (C=O) groups is 1. The first-order chi connectivity index (χ1) is 9.81. The summed E-state index contributed by atoms with van der Waals surface area (Å²) in [7, 11) is 0. The van der Waals surface area contributed by atoms with Crippen LogP contribution < -0.4 is 5.32 Å². The van der Waals surface area contributed by atoms with E-state index in [1.807, 2.05) is 17.3 Å². The molecular weight excluding hydrogens is 323 g/mol. The quantitative estimate of drug-likeness (QED) is 0.845. The monoisotopic (exact) mass is 346 g/mol. The van der Waals surface area contributed by atoms with Gasteiger partial charge in [0.2, 0.25) is 5.91 Å². The average Bonchev–Trinajstić information content (AvgIpc) is 3.11. The maximum Gasteiger partial charge on any atom is 0.240 e. The molecule has 1 N–H and O–H groups in total. The van der Waals surface area contributed by atoms with Gasteiger partial charge < -0.3 is 14.8 Å². The molecule has 2 fully saturated rings. The van der Waals surface area contributed by atoms with Crippen LogP contribution in [0.4, 0.5) is 0 Å². The zero-order chi connectivity index (χ0) is 13.5. The third-order valence-electron chi connectivity index (χ3n) is 5.22. The number of amides is 1. The first-order valence-corrected chi connectivity index (χ1v) is 7.86. The summed E-state index contributed by atoms with van der Waals surface area (Å²) in [4.78, 5) is 19.0. The molecule has 1 saturated carbocycles. The molecule has 0 spiro atoms. The van der Waals surface area contributed by atoms with Gasteiger partial charge in [-0.1, -0.05) is 12.8 Å². The smallest absolute Gasteiger partial charge is 0.240 e. The molecule has 1 aromatic heterocycles. The second kappa shape index (κ2) is 7.20. The van der Waals surface area contributed by atoms with E-state index in [1.165, 1.54) is 25.7 Å². The second-order valence-corrected chi connectivity index (χ2v) is 6.40. The molecule has 1 aliphatic carbocycles. The Morgan fingerprint density at radius 2 is 2.05 bits per heavy atom. The zero-order valence-corrected chi connectivity index (χ0v) is 14.2. The maximum atomic E-state index is 12.7. The van der Waals surface area contributed by atoms with Crippen LogP contribution in [-0.4, -0.2) is 39.0 Å². The first kappa shape index (κ1) is 17.6. The fourth-order valence-electron chi connectivity index (χ4n) is 4.09. The van der Waals surface area contributed by atoms with Gasteiger partial charge in [-0.3, -0.25) is 4.79 Å². The fourth-order valence-corrected chi connectivity index (χ4v) is 4.09. The van der Waals surface area contributed by atoms with Gasteiger partial charge in [0.15, 0.2) is 0 Å². The lowest BCUT2D eigenvalue weighted by molar-refractivity contribution is -0.134. The molecule has 22 heavy (non-hydrogen) atoms. The number of halogens is 2. The van der Waals surface area contributed by atoms with Crippen molar-refractivity contribution in [3.63, 3.8) is 0 Å². The van der Waals surface area contributed by atoms with Crippen LogP contribution in [0.2, 0.25) is 0 Å². The fraction of sp³-hybridized carbons (Fsp3) is 0.733. The molecule has 1 aromatic rings. The molecule has 1 saturated heterocycles. The summed E-state index contributed by atoms with van der Waals surface area (Å²) in [6, 6.07) is 0.633. The minimum atomic E-state index is 0. The van der Waals surface area contributed by atoms with Crippen molar-refractivity contribution < 1.29 is 4.79 Å². The topological polar surface area (TPSA) is 50.2 Å². The van der Waals surface area contributed by atoms with Gasteiger partial charge in [-0.25, -0.2) is 4.98 Å². The third kappa shape index (κ3) is 3.12. The highest BCUT2D eigenvalue weighted by molar-refractivity contribution is 5.85. The Balaban J connectivity index is 0.000000882. The number of carbonyl (C=O) groups excluding carboxylic acids is 1. The van der Waals surface area contributed by atoms with Crippen LogP contribution in [0.1, 0.15) is 37.9 Å². The maximum absolute atomic E-state index is 12.7. The van der Waals surface area contributed by atoms with Gasteiger partial charge in [-0.2, -0.15) is 0 Å². The molecule has 2 aliphatic heterocycles. The van der Waals surface area contributed by atoms with E-state index in [0.717, 1.165) is 31.3 Å². The Hall–Kier alpha value is -0.780. The third-order valence-corrected chi connectivity index (χ3v) is 5.22. The van der Waals surface area contributed by atoms with Crippen molar-refractivity contribution in [1.82, 2.24) is 19.8 Å². The van der Waals surface area contributed by atoms with E-state index in [1.54, 1.807) is 0 Å². The minimum absolute atomic E-state index is 0. The average molecular weight is 347 g/mol. The molecule has 5 nitrogen and oxygen atoms in total. The van der Waals surface area contributed by atoms with Gasteiger partial charge in [0.05, 0.1) is 12.6 Å². The van der Waals surface area contributed by atoms with E-state index in [4.69, 9.17) is 0 Å². The summed E-state index contributed by atoms with van der Waals surface area (Å²) >= 11 is 0. The lowest BCUT2D eigenvalue weighted by Gasteiger charge is -2.30. The number of nitrogens with zero attached hydrogens (tertiary/aromatic N) is 3. The van der Waals surface area contributed by atoms with E-state index in [2.05, 4.69) is 14.9 Å². The number of nitrogens with one attached hydrogen (secondary N) is 1. The van der Waals surface area contributed by atoms with Crippen molar-refractivity contribution in [3.05, 3.63) is 18.2 Å². The van der Waals surface area contributed by atoms with Crippen molar-refractivity contribution in [2.24, 2.45) is 5.92 Å². The summed E-state index contributed by atoms with van der Waals surface area (Å²) in [6.45, 7) is 2.36. The number of fused-ring (bicyclic) bond motifs is 2. The number of aromatic nitrogens is 2. The first-order valence-electron chi connectivity index (χ1n) is 7.86. The highest BCUT2D eigenvalue weighted by atomic mass is 35.5. The largest absolute Gasteiger partial charge is 0.332 e. The van der Waals surface area contributed by atoms with Gasteiger partial charge in [0, 0.05) is 31.5 Å². The molecule has 0 radical (unpaired) electrons. The summed E-state index contributed by atoms with van der Waals surface area (Å²) in [6.07, 6.45) is 10.1. The predicted octanol–water partition coefficient (Wildman–Crippen LogP) is 1.99. The van der Waals surface area contributed by atoms with Crippen LogP contribution in [0.15, 0.2) is 12.4 Å². The molecule has 1 amide bonds. The van der Waals surface area contributed by atoms with Crippen molar-refractivity contribution in [1.29, 1.82) is 0 Å². The molecule has 124 valence electrons. The molecule has 0 aromatic carbocycles. The van der Waals surface area contributed by atoms with E-state index >= 15 is 0 Å². The minimum Gasteiger partial charge on any atom is -0.332 e. The number of hydrogen-bond donors (Lipinski definition) is 1. The van der Waals surface area contributed by atoms with Crippen LogP contribution in [0, 0.1) is 5.92 Å². The van der Waals surface area contributed by atoms with Crippen LogP contribution in [0.5, 0.6) is 0 Å². The molecule has 3 unspecified atom stereocenters. The Morgan fingerprint density at radius 3 is 2.86 bits per heavy atom. The number of rotatable bonds is 1. The predicted molar refractivity (Wildman–Crippen MR) is 89.4 cm³/mol. The molecule has 0 bridgehead atoms. The lowest BCUT2D eigenvalue weighted by atomic mass is 9.85. The normalized spacial score (nSPS) is 29.8. The molecule has 7 heteroatoms. The van der Waals surface area contributed by atoms with Crippen molar-refractivity contribution in [2.45, 2.75) is 57.3 Å². The summed E-state index contributed by atoms with van der Waals surface area (Å²) in [5.41, 5.74) is 0. The second-order valence-electron chi connectivity index (χ2n) is 6.40.